The van der Waals surface area contributed by atoms with Gasteiger partial charge in [-0.1, -0.05) is 47.1 Å². The van der Waals surface area contributed by atoms with Crippen molar-refractivity contribution in [3.63, 3.8) is 0 Å². The van der Waals surface area contributed by atoms with Crippen molar-refractivity contribution in [3.8, 4) is 0 Å². The molecule has 0 bridgehead atoms. The second kappa shape index (κ2) is 6.98. The third-order valence-electron chi connectivity index (χ3n) is 3.32. The van der Waals surface area contributed by atoms with Crippen LogP contribution in [0.1, 0.15) is 5.56 Å². The molecule has 24 heavy (non-hydrogen) atoms. The first-order chi connectivity index (χ1) is 11.6. The lowest BCUT2D eigenvalue weighted by atomic mass is 10.1. The van der Waals surface area contributed by atoms with Gasteiger partial charge in [-0.05, 0) is 45.8 Å². The van der Waals surface area contributed by atoms with Gasteiger partial charge in [-0.3, -0.25) is 4.79 Å². The topological polar surface area (TPSA) is 74.0 Å². The first kappa shape index (κ1) is 16.4. The molecule has 120 valence electrons. The van der Waals surface area contributed by atoms with Gasteiger partial charge in [-0.2, -0.15) is 0 Å². The molecule has 0 aliphatic carbocycles. The molecule has 3 rings (SSSR count). The lowest BCUT2D eigenvalue weighted by Gasteiger charge is -2.04. The fourth-order valence-corrected chi connectivity index (χ4v) is 2.81. The maximum atomic E-state index is 12.5. The van der Waals surface area contributed by atoms with Crippen LogP contribution >= 0.6 is 27.5 Å². The van der Waals surface area contributed by atoms with Gasteiger partial charge in [0.1, 0.15) is 5.70 Å². The molecule has 0 aromatic heterocycles. The molecule has 5 nitrogen and oxygen atoms in total. The molecule has 1 aliphatic heterocycles. The Bertz CT molecular complexity index is 874. The molecule has 2 aromatic carbocycles. The SMILES string of the molecule is O=C1/C(=C(/Br)c2ccccc2)N=C(Nc2ccc(Cl)cc2)/C1=N\O. The number of hydrogen-bond acceptors (Lipinski definition) is 5. The van der Waals surface area contributed by atoms with E-state index in [0.29, 0.717) is 15.2 Å². The smallest absolute Gasteiger partial charge is 0.238 e. The van der Waals surface area contributed by atoms with Crippen LogP contribution in [-0.2, 0) is 4.79 Å². The average Bonchev–Trinajstić information content (AvgIpc) is 2.92. The highest BCUT2D eigenvalue weighted by atomic mass is 79.9. The molecule has 0 radical (unpaired) electrons. The second-order valence-electron chi connectivity index (χ2n) is 4.90. The molecule has 0 fully saturated rings. The zero-order chi connectivity index (χ0) is 17.1. The number of rotatable bonds is 2. The van der Waals surface area contributed by atoms with E-state index in [1.54, 1.807) is 24.3 Å². The summed E-state index contributed by atoms with van der Waals surface area (Å²) in [5.74, 6) is -0.294. The predicted molar refractivity (Wildman–Crippen MR) is 99.0 cm³/mol. The largest absolute Gasteiger partial charge is 0.410 e. The zero-order valence-corrected chi connectivity index (χ0v) is 14.5. The fraction of sp³-hybridized carbons (Fsp3) is 0. The number of carbonyl (C=O) groups is 1. The molecule has 1 aliphatic rings. The molecule has 0 atom stereocenters. The monoisotopic (exact) mass is 403 g/mol. The molecule has 0 saturated carbocycles. The molecule has 0 unspecified atom stereocenters. The van der Waals surface area contributed by atoms with E-state index in [2.05, 4.69) is 31.4 Å². The Balaban J connectivity index is 1.99. The molecular formula is C17H11BrClN3O2. The Morgan fingerprint density at radius 1 is 1.12 bits per heavy atom. The van der Waals surface area contributed by atoms with Gasteiger partial charge in [0.05, 0.1) is 4.48 Å². The van der Waals surface area contributed by atoms with Crippen LogP contribution in [0.4, 0.5) is 5.69 Å². The van der Waals surface area contributed by atoms with Crippen molar-refractivity contribution in [2.75, 3.05) is 5.32 Å². The zero-order valence-electron chi connectivity index (χ0n) is 12.2. The highest BCUT2D eigenvalue weighted by molar-refractivity contribution is 9.15. The number of carbonyl (C=O) groups excluding carboxylic acids is 1. The maximum absolute atomic E-state index is 12.5. The summed E-state index contributed by atoms with van der Waals surface area (Å²) in [7, 11) is 0. The molecule has 0 amide bonds. The summed E-state index contributed by atoms with van der Waals surface area (Å²) in [5, 5.41) is 15.8. The van der Waals surface area contributed by atoms with E-state index in [9.17, 15) is 10.0 Å². The summed E-state index contributed by atoms with van der Waals surface area (Å²) in [6, 6.07) is 16.2. The van der Waals surface area contributed by atoms with E-state index in [1.165, 1.54) is 0 Å². The number of benzene rings is 2. The lowest BCUT2D eigenvalue weighted by Crippen LogP contribution is -2.24. The number of nitrogens with zero attached hydrogens (tertiary/aromatic N) is 2. The van der Waals surface area contributed by atoms with Gasteiger partial charge in [0.15, 0.2) is 11.5 Å². The Hall–Kier alpha value is -2.44. The van der Waals surface area contributed by atoms with Crippen molar-refractivity contribution in [1.29, 1.82) is 0 Å². The lowest BCUT2D eigenvalue weighted by molar-refractivity contribution is -0.109. The van der Waals surface area contributed by atoms with Crippen molar-refractivity contribution in [3.05, 3.63) is 70.9 Å². The molecule has 2 N–H and O–H groups in total. The van der Waals surface area contributed by atoms with Crippen molar-refractivity contribution >= 4 is 55.0 Å². The minimum atomic E-state index is -0.468. The van der Waals surface area contributed by atoms with Crippen LogP contribution < -0.4 is 5.32 Å². The number of amidine groups is 1. The van der Waals surface area contributed by atoms with Crippen LogP contribution in [0.5, 0.6) is 0 Å². The van der Waals surface area contributed by atoms with Gasteiger partial charge in [0.25, 0.3) is 0 Å². The quantitative estimate of drug-likeness (QED) is 0.444. The number of allylic oxidation sites excluding steroid dienone is 1. The number of halogens is 2. The highest BCUT2D eigenvalue weighted by Gasteiger charge is 2.32. The number of anilines is 1. The van der Waals surface area contributed by atoms with E-state index in [-0.39, 0.29) is 17.2 Å². The molecule has 0 saturated heterocycles. The van der Waals surface area contributed by atoms with E-state index in [0.717, 1.165) is 5.56 Å². The van der Waals surface area contributed by atoms with E-state index in [1.807, 2.05) is 30.3 Å². The Morgan fingerprint density at radius 3 is 2.42 bits per heavy atom. The Kier molecular flexibility index (Phi) is 4.78. The number of nitrogens with one attached hydrogen (secondary N) is 1. The van der Waals surface area contributed by atoms with Crippen LogP contribution in [-0.4, -0.2) is 22.5 Å². The molecular weight excluding hydrogens is 394 g/mol. The van der Waals surface area contributed by atoms with E-state index >= 15 is 0 Å². The summed E-state index contributed by atoms with van der Waals surface area (Å²) in [6.07, 6.45) is 0. The summed E-state index contributed by atoms with van der Waals surface area (Å²) >= 11 is 9.25. The van der Waals surface area contributed by atoms with Crippen LogP contribution in [0, 0.1) is 0 Å². The van der Waals surface area contributed by atoms with Gasteiger partial charge >= 0.3 is 0 Å². The minimum Gasteiger partial charge on any atom is -0.410 e. The van der Waals surface area contributed by atoms with E-state index in [4.69, 9.17) is 11.6 Å². The van der Waals surface area contributed by atoms with Gasteiger partial charge in [0.2, 0.25) is 5.78 Å². The maximum Gasteiger partial charge on any atom is 0.238 e. The average molecular weight is 405 g/mol. The summed E-state index contributed by atoms with van der Waals surface area (Å²) in [5.41, 5.74) is 1.50. The van der Waals surface area contributed by atoms with Gasteiger partial charge < -0.3 is 10.5 Å². The third kappa shape index (κ3) is 3.25. The van der Waals surface area contributed by atoms with Crippen LogP contribution in [0.25, 0.3) is 4.48 Å². The summed E-state index contributed by atoms with van der Waals surface area (Å²) in [6.45, 7) is 0. The van der Waals surface area contributed by atoms with Crippen molar-refractivity contribution in [2.45, 2.75) is 0 Å². The van der Waals surface area contributed by atoms with Gasteiger partial charge in [-0.25, -0.2) is 4.99 Å². The normalized spacial score (nSPS) is 17.8. The standard InChI is InChI=1S/C17H11BrClN3O2/c18-13(10-4-2-1-3-5-10)14-16(23)15(22-24)17(21-14)20-12-8-6-11(19)7-9-12/h1-9,24H,(H,20,21)/b14-13-,22-15-. The number of aliphatic imine (C=N–C) groups is 1. The first-order valence-electron chi connectivity index (χ1n) is 6.93. The van der Waals surface area contributed by atoms with Gasteiger partial charge in [-0.15, -0.1) is 0 Å². The van der Waals surface area contributed by atoms with Gasteiger partial charge in [0, 0.05) is 10.7 Å². The predicted octanol–water partition coefficient (Wildman–Crippen LogP) is 4.33. The molecule has 1 heterocycles. The first-order valence-corrected chi connectivity index (χ1v) is 8.11. The summed E-state index contributed by atoms with van der Waals surface area (Å²) < 4.78 is 0.530. The van der Waals surface area contributed by atoms with Crippen LogP contribution in [0.2, 0.25) is 5.02 Å². The molecule has 7 heteroatoms. The van der Waals surface area contributed by atoms with Crippen molar-refractivity contribution in [1.82, 2.24) is 0 Å². The van der Waals surface area contributed by atoms with Crippen LogP contribution in [0.3, 0.4) is 0 Å². The molecule has 0 spiro atoms. The summed E-state index contributed by atoms with van der Waals surface area (Å²) in [4.78, 5) is 16.7. The second-order valence-corrected chi connectivity index (χ2v) is 6.13. The van der Waals surface area contributed by atoms with E-state index < -0.39 is 5.78 Å². The Labute approximate surface area is 151 Å². The number of Topliss-reactive ketones (excluding diaryl/α,β-unsaturated/α-hetero) is 1. The van der Waals surface area contributed by atoms with Crippen molar-refractivity contribution in [2.24, 2.45) is 10.1 Å². The molecule has 2 aromatic rings. The number of hydrogen-bond donors (Lipinski definition) is 2. The van der Waals surface area contributed by atoms with Crippen LogP contribution in [0.15, 0.2) is 70.4 Å². The highest BCUT2D eigenvalue weighted by Crippen LogP contribution is 2.29. The van der Waals surface area contributed by atoms with Crippen molar-refractivity contribution < 1.29 is 10.0 Å². The number of ketones is 1. The number of oxime groups is 1. The minimum absolute atomic E-state index is 0.146. The third-order valence-corrected chi connectivity index (χ3v) is 4.41. The fourth-order valence-electron chi connectivity index (χ4n) is 2.16. The Morgan fingerprint density at radius 2 is 1.79 bits per heavy atom.